The lowest BCUT2D eigenvalue weighted by atomic mass is 10.1. The molecule has 0 N–H and O–H groups in total. The van der Waals surface area contributed by atoms with E-state index < -0.39 is 12.5 Å². The maximum absolute atomic E-state index is 13.1. The van der Waals surface area contributed by atoms with Crippen molar-refractivity contribution >= 4 is 5.91 Å². The Hall–Kier alpha value is -2.50. The van der Waals surface area contributed by atoms with Crippen LogP contribution in [0.25, 0.3) is 0 Å². The first kappa shape index (κ1) is 17.8. The van der Waals surface area contributed by atoms with Gasteiger partial charge < -0.3 is 9.64 Å². The van der Waals surface area contributed by atoms with Gasteiger partial charge in [0.2, 0.25) is 0 Å². The van der Waals surface area contributed by atoms with Crippen LogP contribution >= 0.6 is 0 Å². The molecule has 24 heavy (non-hydrogen) atoms. The fraction of sp³-hybridized carbons (Fsp3) is 0.278. The van der Waals surface area contributed by atoms with Crippen molar-refractivity contribution in [3.8, 4) is 5.75 Å². The van der Waals surface area contributed by atoms with Gasteiger partial charge in [-0.1, -0.05) is 24.3 Å². The third kappa shape index (κ3) is 4.07. The number of rotatable bonds is 6. The van der Waals surface area contributed by atoms with E-state index in [9.17, 15) is 18.0 Å². The smallest absolute Gasteiger partial charge is 0.387 e. The molecule has 0 spiro atoms. The van der Waals surface area contributed by atoms with Crippen molar-refractivity contribution in [3.63, 3.8) is 0 Å². The summed E-state index contributed by atoms with van der Waals surface area (Å²) < 4.78 is 42.5. The maximum atomic E-state index is 13.1. The van der Waals surface area contributed by atoms with Gasteiger partial charge in [0.1, 0.15) is 11.6 Å². The first-order valence-corrected chi connectivity index (χ1v) is 7.54. The Morgan fingerprint density at radius 2 is 1.75 bits per heavy atom. The summed E-state index contributed by atoms with van der Waals surface area (Å²) in [4.78, 5) is 14.3. The van der Waals surface area contributed by atoms with Gasteiger partial charge in [-0.05, 0) is 43.7 Å². The maximum Gasteiger partial charge on any atom is 0.387 e. The number of nitrogens with zero attached hydrogens (tertiary/aromatic N) is 1. The molecule has 0 radical (unpaired) electrons. The van der Waals surface area contributed by atoms with E-state index in [1.165, 1.54) is 35.2 Å². The molecular formula is C18H18F3NO2. The van der Waals surface area contributed by atoms with Crippen molar-refractivity contribution in [1.82, 2.24) is 4.90 Å². The summed E-state index contributed by atoms with van der Waals surface area (Å²) in [5.74, 6) is -0.955. The normalized spacial score (nSPS) is 12.1. The molecule has 0 bridgehead atoms. The molecule has 0 fully saturated rings. The third-order valence-corrected chi connectivity index (χ3v) is 3.75. The molecule has 1 atom stereocenters. The molecule has 0 aliphatic rings. The van der Waals surface area contributed by atoms with Crippen LogP contribution in [0.1, 0.15) is 35.8 Å². The van der Waals surface area contributed by atoms with Crippen LogP contribution in [0, 0.1) is 5.82 Å². The van der Waals surface area contributed by atoms with E-state index >= 15 is 0 Å². The average Bonchev–Trinajstić information content (AvgIpc) is 2.56. The van der Waals surface area contributed by atoms with Crippen LogP contribution in [0.15, 0.2) is 48.5 Å². The van der Waals surface area contributed by atoms with Crippen molar-refractivity contribution in [2.75, 3.05) is 6.54 Å². The molecule has 0 aliphatic carbocycles. The third-order valence-electron chi connectivity index (χ3n) is 3.75. The minimum atomic E-state index is -3.01. The Morgan fingerprint density at radius 1 is 1.12 bits per heavy atom. The topological polar surface area (TPSA) is 29.5 Å². The molecule has 0 saturated carbocycles. The fourth-order valence-electron chi connectivity index (χ4n) is 2.51. The number of carbonyl (C=O) groups excluding carboxylic acids is 1. The number of para-hydroxylation sites is 1. The number of hydrogen-bond donors (Lipinski definition) is 0. The Labute approximate surface area is 138 Å². The lowest BCUT2D eigenvalue weighted by Crippen LogP contribution is -2.33. The lowest BCUT2D eigenvalue weighted by Gasteiger charge is -2.29. The summed E-state index contributed by atoms with van der Waals surface area (Å²) >= 11 is 0. The van der Waals surface area contributed by atoms with Gasteiger partial charge in [0, 0.05) is 6.54 Å². The molecule has 3 nitrogen and oxygen atoms in total. The summed E-state index contributed by atoms with van der Waals surface area (Å²) in [7, 11) is 0. The summed E-state index contributed by atoms with van der Waals surface area (Å²) in [6.45, 7) is 0.934. The number of halogens is 3. The van der Waals surface area contributed by atoms with Gasteiger partial charge in [-0.2, -0.15) is 8.78 Å². The first-order chi connectivity index (χ1) is 11.4. The first-order valence-electron chi connectivity index (χ1n) is 7.54. The van der Waals surface area contributed by atoms with Gasteiger partial charge in [0.15, 0.2) is 0 Å². The molecule has 1 amide bonds. The van der Waals surface area contributed by atoms with Gasteiger partial charge >= 0.3 is 6.61 Å². The predicted molar refractivity (Wildman–Crippen MR) is 84.6 cm³/mol. The second-order valence-corrected chi connectivity index (χ2v) is 5.19. The molecule has 6 heteroatoms. The van der Waals surface area contributed by atoms with Crippen molar-refractivity contribution < 1.29 is 22.7 Å². The van der Waals surface area contributed by atoms with Crippen LogP contribution in [-0.2, 0) is 0 Å². The summed E-state index contributed by atoms with van der Waals surface area (Å²) in [5, 5.41) is 0. The number of alkyl halides is 2. The van der Waals surface area contributed by atoms with E-state index in [0.29, 0.717) is 6.54 Å². The monoisotopic (exact) mass is 337 g/mol. The van der Waals surface area contributed by atoms with Crippen LogP contribution in [0.5, 0.6) is 5.75 Å². The highest BCUT2D eigenvalue weighted by Gasteiger charge is 2.24. The van der Waals surface area contributed by atoms with Crippen LogP contribution in [0.2, 0.25) is 0 Å². The quantitative estimate of drug-likeness (QED) is 0.768. The average molecular weight is 337 g/mol. The van der Waals surface area contributed by atoms with Crippen LogP contribution in [0.3, 0.4) is 0 Å². The summed E-state index contributed by atoms with van der Waals surface area (Å²) in [6.07, 6.45) is 0. The van der Waals surface area contributed by atoms with Crippen molar-refractivity contribution in [1.29, 1.82) is 0 Å². The van der Waals surface area contributed by atoms with E-state index in [1.54, 1.807) is 32.0 Å². The zero-order chi connectivity index (χ0) is 17.7. The van der Waals surface area contributed by atoms with Crippen molar-refractivity contribution in [3.05, 3.63) is 65.5 Å². The molecule has 2 aromatic carbocycles. The van der Waals surface area contributed by atoms with Gasteiger partial charge in [-0.15, -0.1) is 0 Å². The standard InChI is InChI=1S/C18H18F3NO2/c1-3-22(12(2)13-8-10-14(19)11-9-13)17(23)15-6-4-5-7-16(15)24-18(20)21/h4-12,18H,3H2,1-2H3. The molecule has 0 aromatic heterocycles. The van der Waals surface area contributed by atoms with E-state index in [4.69, 9.17) is 0 Å². The van der Waals surface area contributed by atoms with Crippen molar-refractivity contribution in [2.24, 2.45) is 0 Å². The molecule has 2 rings (SSSR count). The number of carbonyl (C=O) groups is 1. The predicted octanol–water partition coefficient (Wildman–Crippen LogP) is 4.65. The SMILES string of the molecule is CCN(C(=O)c1ccccc1OC(F)F)C(C)c1ccc(F)cc1. The van der Waals surface area contributed by atoms with Gasteiger partial charge in [0.25, 0.3) is 5.91 Å². The molecular weight excluding hydrogens is 319 g/mol. The Bertz CT molecular complexity index is 689. The second-order valence-electron chi connectivity index (χ2n) is 5.19. The Kier molecular flexibility index (Phi) is 5.84. The zero-order valence-electron chi connectivity index (χ0n) is 13.4. The minimum Gasteiger partial charge on any atom is -0.434 e. The second kappa shape index (κ2) is 7.86. The molecule has 128 valence electrons. The minimum absolute atomic E-state index is 0.0635. The van der Waals surface area contributed by atoms with E-state index in [-0.39, 0.29) is 23.2 Å². The molecule has 2 aromatic rings. The Morgan fingerprint density at radius 3 is 2.33 bits per heavy atom. The molecule has 1 unspecified atom stereocenters. The van der Waals surface area contributed by atoms with Gasteiger partial charge in [-0.3, -0.25) is 4.79 Å². The van der Waals surface area contributed by atoms with Gasteiger partial charge in [0.05, 0.1) is 11.6 Å². The Balaban J connectivity index is 2.30. The molecule has 0 aliphatic heterocycles. The van der Waals surface area contributed by atoms with E-state index in [1.807, 2.05) is 0 Å². The van der Waals surface area contributed by atoms with Crippen molar-refractivity contribution in [2.45, 2.75) is 26.5 Å². The summed E-state index contributed by atoms with van der Waals surface area (Å²) in [5.41, 5.74) is 0.812. The van der Waals surface area contributed by atoms with E-state index in [2.05, 4.69) is 4.74 Å². The highest BCUT2D eigenvalue weighted by atomic mass is 19.3. The number of amides is 1. The fourth-order valence-corrected chi connectivity index (χ4v) is 2.51. The van der Waals surface area contributed by atoms with Crippen LogP contribution in [0.4, 0.5) is 13.2 Å². The molecule has 0 heterocycles. The summed E-state index contributed by atoms with van der Waals surface area (Å²) in [6, 6.07) is 11.4. The van der Waals surface area contributed by atoms with Gasteiger partial charge in [-0.25, -0.2) is 4.39 Å². The number of ether oxygens (including phenoxy) is 1. The highest BCUT2D eigenvalue weighted by molar-refractivity contribution is 5.97. The van der Waals surface area contributed by atoms with Crippen LogP contribution < -0.4 is 4.74 Å². The van der Waals surface area contributed by atoms with E-state index in [0.717, 1.165) is 5.56 Å². The lowest BCUT2D eigenvalue weighted by molar-refractivity contribution is -0.0503. The molecule has 0 saturated heterocycles. The van der Waals surface area contributed by atoms with Crippen LogP contribution in [-0.4, -0.2) is 24.0 Å². The highest BCUT2D eigenvalue weighted by Crippen LogP contribution is 2.27. The number of benzene rings is 2. The number of hydrogen-bond acceptors (Lipinski definition) is 2. The zero-order valence-corrected chi connectivity index (χ0v) is 13.4. The largest absolute Gasteiger partial charge is 0.434 e.